The molecule has 0 saturated heterocycles. The van der Waals surface area contributed by atoms with E-state index >= 15 is 0 Å². The van der Waals surface area contributed by atoms with Gasteiger partial charge >= 0.3 is 11.9 Å². The van der Waals surface area contributed by atoms with Gasteiger partial charge in [-0.05, 0) is 16.4 Å². The molecule has 0 fully saturated rings. The molecule has 0 bridgehead atoms. The highest BCUT2D eigenvalue weighted by Crippen LogP contribution is 2.41. The molecule has 126 valence electrons. The van der Waals surface area contributed by atoms with Crippen molar-refractivity contribution in [3.8, 4) is 0 Å². The second-order valence-corrected chi connectivity index (χ2v) is 7.44. The number of carboxylic acid groups (broad SMARTS) is 2. The summed E-state index contributed by atoms with van der Waals surface area (Å²) in [5.74, 6) is -2.76. The van der Waals surface area contributed by atoms with E-state index in [1.54, 1.807) is 41.5 Å². The molecule has 0 amide bonds. The number of rotatable bonds is 3. The van der Waals surface area contributed by atoms with Crippen molar-refractivity contribution in [3.63, 3.8) is 0 Å². The first-order valence-corrected chi connectivity index (χ1v) is 7.02. The highest BCUT2D eigenvalue weighted by Gasteiger charge is 2.39. The van der Waals surface area contributed by atoms with E-state index in [2.05, 4.69) is 0 Å². The van der Waals surface area contributed by atoms with Crippen LogP contribution in [0.1, 0.15) is 73.4 Å². The Morgan fingerprint density at radius 1 is 0.957 bits per heavy atom. The van der Waals surface area contributed by atoms with Crippen LogP contribution in [0.15, 0.2) is 6.07 Å². The van der Waals surface area contributed by atoms with E-state index in [1.165, 1.54) is 0 Å². The second kappa shape index (κ2) is 5.64. The molecule has 0 aliphatic carbocycles. The third-order valence-corrected chi connectivity index (χ3v) is 3.45. The smallest absolute Gasteiger partial charge is 0.336 e. The Morgan fingerprint density at radius 2 is 1.39 bits per heavy atom. The largest absolute Gasteiger partial charge is 0.478 e. The summed E-state index contributed by atoms with van der Waals surface area (Å²) in [5.41, 5.74) is -2.66. The van der Waals surface area contributed by atoms with Crippen LogP contribution < -0.4 is 0 Å². The van der Waals surface area contributed by atoms with Gasteiger partial charge in [0.05, 0.1) is 16.1 Å². The molecular formula is C16H21NO6. The molecule has 0 heterocycles. The lowest BCUT2D eigenvalue weighted by Gasteiger charge is -2.29. The highest BCUT2D eigenvalue weighted by molar-refractivity contribution is 6.00. The van der Waals surface area contributed by atoms with E-state index in [1.807, 2.05) is 0 Å². The summed E-state index contributed by atoms with van der Waals surface area (Å²) in [5, 5.41) is 30.5. The van der Waals surface area contributed by atoms with Gasteiger partial charge in [0, 0.05) is 11.6 Å². The summed E-state index contributed by atoms with van der Waals surface area (Å²) >= 11 is 0. The van der Waals surface area contributed by atoms with Gasteiger partial charge in [0.2, 0.25) is 0 Å². The number of aromatic carboxylic acids is 2. The van der Waals surface area contributed by atoms with E-state index in [0.29, 0.717) is 0 Å². The summed E-state index contributed by atoms with van der Waals surface area (Å²) in [4.78, 5) is 34.1. The Kier molecular flexibility index (Phi) is 4.56. The second-order valence-electron chi connectivity index (χ2n) is 7.44. The predicted molar refractivity (Wildman–Crippen MR) is 84.4 cm³/mol. The zero-order chi connectivity index (χ0) is 18.3. The molecule has 0 aliphatic heterocycles. The number of hydrogen-bond donors (Lipinski definition) is 2. The molecule has 0 spiro atoms. The van der Waals surface area contributed by atoms with E-state index in [9.17, 15) is 29.9 Å². The molecule has 2 N–H and O–H groups in total. The van der Waals surface area contributed by atoms with Crippen molar-refractivity contribution in [1.29, 1.82) is 0 Å². The quantitative estimate of drug-likeness (QED) is 0.648. The molecule has 1 rings (SSSR count). The monoisotopic (exact) mass is 323 g/mol. The van der Waals surface area contributed by atoms with Crippen LogP contribution in [0.25, 0.3) is 0 Å². The van der Waals surface area contributed by atoms with E-state index in [0.717, 1.165) is 6.07 Å². The first-order chi connectivity index (χ1) is 10.2. The van der Waals surface area contributed by atoms with Crippen LogP contribution in [0.4, 0.5) is 5.69 Å². The number of carbonyl (C=O) groups is 2. The van der Waals surface area contributed by atoms with Crippen molar-refractivity contribution < 1.29 is 24.7 Å². The van der Waals surface area contributed by atoms with Crippen LogP contribution >= 0.6 is 0 Å². The van der Waals surface area contributed by atoms with Crippen molar-refractivity contribution in [1.82, 2.24) is 0 Å². The molecule has 7 nitrogen and oxygen atoms in total. The van der Waals surface area contributed by atoms with Crippen molar-refractivity contribution >= 4 is 17.6 Å². The number of nitro benzene ring substituents is 1. The van der Waals surface area contributed by atoms with Gasteiger partial charge in [0.25, 0.3) is 5.69 Å². The van der Waals surface area contributed by atoms with Crippen LogP contribution in [0.2, 0.25) is 0 Å². The average Bonchev–Trinajstić information content (AvgIpc) is 2.33. The molecule has 0 atom stereocenters. The van der Waals surface area contributed by atoms with E-state index in [-0.39, 0.29) is 22.3 Å². The van der Waals surface area contributed by atoms with Gasteiger partial charge in [-0.3, -0.25) is 10.1 Å². The van der Waals surface area contributed by atoms with Crippen LogP contribution in [0.5, 0.6) is 0 Å². The molecule has 0 aromatic heterocycles. The molecule has 23 heavy (non-hydrogen) atoms. The summed E-state index contributed by atoms with van der Waals surface area (Å²) in [6, 6.07) is 0.968. The molecule has 1 aromatic rings. The molecule has 1 aromatic carbocycles. The van der Waals surface area contributed by atoms with E-state index < -0.39 is 33.4 Å². The Morgan fingerprint density at radius 3 is 1.65 bits per heavy atom. The average molecular weight is 323 g/mol. The maximum atomic E-state index is 11.9. The molecule has 0 saturated carbocycles. The minimum absolute atomic E-state index is 0.0323. The summed E-state index contributed by atoms with van der Waals surface area (Å²) in [6.45, 7) is 10.0. The van der Waals surface area contributed by atoms with Crippen LogP contribution in [-0.2, 0) is 10.8 Å². The number of nitro groups is 1. The predicted octanol–water partition coefficient (Wildman–Crippen LogP) is 3.59. The Labute approximate surface area is 134 Å². The number of carboxylic acids is 2. The van der Waals surface area contributed by atoms with Gasteiger partial charge in [0.1, 0.15) is 0 Å². The van der Waals surface area contributed by atoms with Gasteiger partial charge in [-0.1, -0.05) is 41.5 Å². The molecule has 0 unspecified atom stereocenters. The van der Waals surface area contributed by atoms with Gasteiger partial charge in [-0.15, -0.1) is 0 Å². The normalized spacial score (nSPS) is 12.1. The fourth-order valence-corrected chi connectivity index (χ4v) is 2.73. The molecule has 0 radical (unpaired) electrons. The van der Waals surface area contributed by atoms with Gasteiger partial charge < -0.3 is 10.2 Å². The zero-order valence-corrected chi connectivity index (χ0v) is 14.1. The van der Waals surface area contributed by atoms with Gasteiger partial charge in [-0.25, -0.2) is 9.59 Å². The third-order valence-electron chi connectivity index (χ3n) is 3.45. The summed E-state index contributed by atoms with van der Waals surface area (Å²) in [6.07, 6.45) is 0. The molecule has 7 heteroatoms. The maximum absolute atomic E-state index is 11.9. The van der Waals surface area contributed by atoms with Crippen molar-refractivity contribution in [2.45, 2.75) is 52.4 Å². The summed E-state index contributed by atoms with van der Waals surface area (Å²) < 4.78 is 0. The minimum Gasteiger partial charge on any atom is -0.478 e. The van der Waals surface area contributed by atoms with Crippen molar-refractivity contribution in [2.24, 2.45) is 0 Å². The summed E-state index contributed by atoms with van der Waals surface area (Å²) in [7, 11) is 0. The number of benzene rings is 1. The topological polar surface area (TPSA) is 118 Å². The van der Waals surface area contributed by atoms with Crippen molar-refractivity contribution in [2.75, 3.05) is 0 Å². The lowest BCUT2D eigenvalue weighted by Crippen LogP contribution is -2.28. The lowest BCUT2D eigenvalue weighted by atomic mass is 9.73. The Balaban J connectivity index is 4.24. The van der Waals surface area contributed by atoms with Gasteiger partial charge in [0.15, 0.2) is 0 Å². The minimum atomic E-state index is -1.39. The number of nitrogens with zero attached hydrogens (tertiary/aromatic N) is 1. The fourth-order valence-electron chi connectivity index (χ4n) is 2.73. The first-order valence-electron chi connectivity index (χ1n) is 7.02. The highest BCUT2D eigenvalue weighted by atomic mass is 16.6. The Hall–Kier alpha value is -2.44. The van der Waals surface area contributed by atoms with Crippen LogP contribution in [-0.4, -0.2) is 27.1 Å². The molecular weight excluding hydrogens is 302 g/mol. The molecule has 0 aliphatic rings. The van der Waals surface area contributed by atoms with E-state index in [4.69, 9.17) is 0 Å². The van der Waals surface area contributed by atoms with Gasteiger partial charge in [-0.2, -0.15) is 0 Å². The fraction of sp³-hybridized carbons (Fsp3) is 0.500. The van der Waals surface area contributed by atoms with Crippen molar-refractivity contribution in [3.05, 3.63) is 38.4 Å². The number of hydrogen-bond acceptors (Lipinski definition) is 4. The lowest BCUT2D eigenvalue weighted by molar-refractivity contribution is -0.386. The SMILES string of the molecule is CC(C)(C)c1c(C(=O)O)cc([N+](=O)[O-])c(C(C)(C)C)c1C(=O)O. The third kappa shape index (κ3) is 3.49. The standard InChI is InChI=1S/C16H21NO6/c1-15(2,3)11-8(13(18)19)7-9(17(22)23)12(16(4,5)6)10(11)14(20)21/h7H,1-6H3,(H,18,19)(H,20,21). The van der Waals surface area contributed by atoms with Crippen LogP contribution in [0.3, 0.4) is 0 Å². The Bertz CT molecular complexity index is 642. The maximum Gasteiger partial charge on any atom is 0.336 e. The zero-order valence-electron chi connectivity index (χ0n) is 14.1. The van der Waals surface area contributed by atoms with Crippen LogP contribution in [0, 0.1) is 10.1 Å². The first kappa shape index (κ1) is 18.6.